The second kappa shape index (κ2) is 21.6. The number of nitrogens with zero attached hydrogens (tertiary/aromatic N) is 2. The van der Waals surface area contributed by atoms with Crippen LogP contribution in [0.3, 0.4) is 0 Å². The van der Waals surface area contributed by atoms with Gasteiger partial charge >= 0.3 is 0 Å². The largest absolute Gasteiger partial charge is 0.355 e. The highest BCUT2D eigenvalue weighted by Crippen LogP contribution is 2.56. The Labute approximate surface area is 499 Å². The SMILES string of the molecule is CC1(C)c2ccccc2-c2c1cc1c(c2-c2ccc(N(c3ccc(-c4ccccc4)cc3)c3ccc(-c4ccccc4)cc3)cc2Nc2cccc(-c3ccccc3)c2)[B]c2ccc(-c3ccccc3)cc2N1c1cccc(-c2ccccc2)c1. The number of hydrogen-bond acceptors (Lipinski definition) is 3. The number of anilines is 8. The van der Waals surface area contributed by atoms with Crippen molar-refractivity contribution in [1.82, 2.24) is 0 Å². The smallest absolute Gasteiger partial charge is 0.197 e. The van der Waals surface area contributed by atoms with E-state index in [0.29, 0.717) is 0 Å². The molecule has 13 aromatic rings. The predicted octanol–water partition coefficient (Wildman–Crippen LogP) is 20.6. The molecule has 0 saturated heterocycles. The van der Waals surface area contributed by atoms with E-state index >= 15 is 0 Å². The van der Waals surface area contributed by atoms with E-state index in [-0.39, 0.29) is 5.41 Å². The fourth-order valence-corrected chi connectivity index (χ4v) is 13.0. The molecule has 1 aliphatic carbocycles. The van der Waals surface area contributed by atoms with Crippen molar-refractivity contribution in [3.63, 3.8) is 0 Å². The Hall–Kier alpha value is -10.7. The Morgan fingerprint density at radius 2 is 0.788 bits per heavy atom. The van der Waals surface area contributed by atoms with Crippen molar-refractivity contribution in [1.29, 1.82) is 0 Å². The summed E-state index contributed by atoms with van der Waals surface area (Å²) in [6, 6.07) is 115. The summed E-state index contributed by atoms with van der Waals surface area (Å²) in [7, 11) is 2.46. The first-order chi connectivity index (χ1) is 41.9. The Morgan fingerprint density at radius 3 is 1.36 bits per heavy atom. The first-order valence-corrected chi connectivity index (χ1v) is 29.4. The van der Waals surface area contributed by atoms with Crippen LogP contribution in [0.25, 0.3) is 77.9 Å². The van der Waals surface area contributed by atoms with Crippen molar-refractivity contribution >= 4 is 63.7 Å². The minimum atomic E-state index is -0.328. The predicted molar refractivity (Wildman–Crippen MR) is 361 cm³/mol. The number of benzene rings is 13. The first kappa shape index (κ1) is 51.2. The summed E-state index contributed by atoms with van der Waals surface area (Å²) in [6.07, 6.45) is 0. The van der Waals surface area contributed by atoms with E-state index in [9.17, 15) is 0 Å². The van der Waals surface area contributed by atoms with Crippen LogP contribution in [0.5, 0.6) is 0 Å². The fraction of sp³-hybridized carbons (Fsp3) is 0.0370. The number of fused-ring (bicyclic) bond motifs is 5. The van der Waals surface area contributed by atoms with Crippen LogP contribution < -0.4 is 26.0 Å². The van der Waals surface area contributed by atoms with E-state index in [1.54, 1.807) is 0 Å². The first-order valence-electron chi connectivity index (χ1n) is 29.4. The van der Waals surface area contributed by atoms with Crippen molar-refractivity contribution in [3.05, 3.63) is 327 Å². The van der Waals surface area contributed by atoms with Gasteiger partial charge in [0.15, 0.2) is 7.28 Å². The normalized spacial score (nSPS) is 12.5. The van der Waals surface area contributed by atoms with Gasteiger partial charge in [-0.15, -0.1) is 0 Å². The van der Waals surface area contributed by atoms with Crippen molar-refractivity contribution < 1.29 is 0 Å². The molecule has 1 heterocycles. The molecule has 13 aromatic carbocycles. The molecule has 85 heavy (non-hydrogen) atoms. The molecule has 0 fully saturated rings. The zero-order valence-corrected chi connectivity index (χ0v) is 47.5. The molecule has 2 aliphatic rings. The van der Waals surface area contributed by atoms with Crippen LogP contribution in [0.4, 0.5) is 45.5 Å². The van der Waals surface area contributed by atoms with E-state index in [1.165, 1.54) is 66.8 Å². The Balaban J connectivity index is 0.985. The van der Waals surface area contributed by atoms with Gasteiger partial charge in [0.1, 0.15) is 0 Å². The van der Waals surface area contributed by atoms with Crippen LogP contribution in [0.2, 0.25) is 0 Å². The zero-order valence-electron chi connectivity index (χ0n) is 47.5. The molecule has 0 saturated carbocycles. The summed E-state index contributed by atoms with van der Waals surface area (Å²) in [5.41, 5.74) is 29.6. The number of rotatable bonds is 12. The van der Waals surface area contributed by atoms with Gasteiger partial charge in [0.25, 0.3) is 0 Å². The van der Waals surface area contributed by atoms with Crippen molar-refractivity contribution in [2.75, 3.05) is 15.1 Å². The second-order valence-electron chi connectivity index (χ2n) is 22.8. The van der Waals surface area contributed by atoms with E-state index in [4.69, 9.17) is 0 Å². The molecule has 15 rings (SSSR count). The molecule has 0 amide bonds. The molecule has 0 unspecified atom stereocenters. The highest BCUT2D eigenvalue weighted by molar-refractivity contribution is 6.73. The molecule has 1 aliphatic heterocycles. The van der Waals surface area contributed by atoms with Gasteiger partial charge in [-0.05, 0) is 162 Å². The minimum absolute atomic E-state index is 0.328. The maximum atomic E-state index is 4.14. The molecule has 3 nitrogen and oxygen atoms in total. The Kier molecular flexibility index (Phi) is 13.0. The molecule has 1 N–H and O–H groups in total. The lowest BCUT2D eigenvalue weighted by Gasteiger charge is -2.37. The van der Waals surface area contributed by atoms with E-state index in [1.807, 2.05) is 0 Å². The third-order valence-electron chi connectivity index (χ3n) is 17.3. The molecule has 0 spiro atoms. The maximum Gasteiger partial charge on any atom is 0.197 e. The standard InChI is InChI=1S/C81H59BN3/c1-81(2)72-37-19-18-36-70(72)78-73(81)54-77-80(82-74-49-42-64(59-30-16-7-17-31-59)52-76(74)85(77)68-35-21-33-63(51-68)58-28-14-6-15-29-58)79(78)71-48-47-69(53-75(71)83-65-34-20-32-62(50-65)57-26-12-5-13-27-57)84(66-43-38-60(39-44-66)55-22-8-3-9-23-55)67-45-40-61(41-46-67)56-24-10-4-11-25-56/h3-54,83H,1-2H3. The van der Waals surface area contributed by atoms with Gasteiger partial charge in [0.05, 0.1) is 0 Å². The molecular formula is C81H59BN3. The molecule has 0 bridgehead atoms. The Morgan fingerprint density at radius 1 is 0.329 bits per heavy atom. The van der Waals surface area contributed by atoms with Crippen LogP contribution in [-0.2, 0) is 5.41 Å². The number of nitrogens with one attached hydrogen (secondary N) is 1. The lowest BCUT2D eigenvalue weighted by Crippen LogP contribution is -2.41. The summed E-state index contributed by atoms with van der Waals surface area (Å²) in [5.74, 6) is 0. The number of hydrogen-bond donors (Lipinski definition) is 1. The van der Waals surface area contributed by atoms with E-state index in [2.05, 4.69) is 352 Å². The monoisotopic (exact) mass is 1080 g/mol. The van der Waals surface area contributed by atoms with Crippen LogP contribution in [0.1, 0.15) is 25.0 Å². The highest BCUT2D eigenvalue weighted by atomic mass is 15.2. The molecule has 1 radical (unpaired) electrons. The second-order valence-corrected chi connectivity index (χ2v) is 22.8. The molecule has 401 valence electrons. The molecular weight excluding hydrogens is 1030 g/mol. The summed E-state index contributed by atoms with van der Waals surface area (Å²) >= 11 is 0. The van der Waals surface area contributed by atoms with Gasteiger partial charge in [-0.25, -0.2) is 0 Å². The van der Waals surface area contributed by atoms with E-state index in [0.717, 1.165) is 78.7 Å². The quantitative estimate of drug-likeness (QED) is 0.123. The molecule has 0 aromatic heterocycles. The lowest BCUT2D eigenvalue weighted by molar-refractivity contribution is 0.660. The topological polar surface area (TPSA) is 18.5 Å². The van der Waals surface area contributed by atoms with Gasteiger partial charge in [-0.3, -0.25) is 0 Å². The third-order valence-corrected chi connectivity index (χ3v) is 17.3. The lowest BCUT2D eigenvalue weighted by atomic mass is 9.57. The summed E-state index contributed by atoms with van der Waals surface area (Å²) in [6.45, 7) is 4.81. The average molecular weight is 1090 g/mol. The van der Waals surface area contributed by atoms with Crippen LogP contribution >= 0.6 is 0 Å². The van der Waals surface area contributed by atoms with Gasteiger partial charge in [-0.1, -0.05) is 262 Å². The zero-order chi connectivity index (χ0) is 56.8. The highest BCUT2D eigenvalue weighted by Gasteiger charge is 2.41. The fourth-order valence-electron chi connectivity index (χ4n) is 13.0. The van der Waals surface area contributed by atoms with E-state index < -0.39 is 0 Å². The van der Waals surface area contributed by atoms with Gasteiger partial charge in [-0.2, -0.15) is 0 Å². The maximum absolute atomic E-state index is 4.14. The van der Waals surface area contributed by atoms with Gasteiger partial charge in [0.2, 0.25) is 0 Å². The van der Waals surface area contributed by atoms with Gasteiger partial charge < -0.3 is 15.1 Å². The van der Waals surface area contributed by atoms with Crippen LogP contribution in [-0.4, -0.2) is 7.28 Å². The van der Waals surface area contributed by atoms with Gasteiger partial charge in [0, 0.05) is 56.5 Å². The minimum Gasteiger partial charge on any atom is -0.355 e. The molecule has 0 atom stereocenters. The van der Waals surface area contributed by atoms with Crippen molar-refractivity contribution in [2.24, 2.45) is 0 Å². The average Bonchev–Trinajstić information content (AvgIpc) is 1.79. The Bertz CT molecular complexity index is 4500. The van der Waals surface area contributed by atoms with Crippen molar-refractivity contribution in [2.45, 2.75) is 19.3 Å². The third kappa shape index (κ3) is 9.48. The summed E-state index contributed by atoms with van der Waals surface area (Å²) in [4.78, 5) is 4.94. The summed E-state index contributed by atoms with van der Waals surface area (Å²) in [5, 5.41) is 4.14. The van der Waals surface area contributed by atoms with Crippen LogP contribution in [0.15, 0.2) is 315 Å². The molecule has 4 heteroatoms. The van der Waals surface area contributed by atoms with Crippen LogP contribution in [0, 0.1) is 0 Å². The van der Waals surface area contributed by atoms with Crippen molar-refractivity contribution in [3.8, 4) is 77.9 Å². The summed E-state index contributed by atoms with van der Waals surface area (Å²) < 4.78 is 0.